The van der Waals surface area contributed by atoms with Crippen LogP contribution in [0, 0.1) is 18.8 Å². The number of hydrogen-bond donors (Lipinski definition) is 0. The van der Waals surface area contributed by atoms with Crippen molar-refractivity contribution in [3.63, 3.8) is 0 Å². The van der Waals surface area contributed by atoms with E-state index in [0.29, 0.717) is 31.5 Å². The van der Waals surface area contributed by atoms with Crippen LogP contribution in [0.25, 0.3) is 5.65 Å². The molecule has 29 heavy (non-hydrogen) atoms. The lowest BCUT2D eigenvalue weighted by Gasteiger charge is -2.34. The molecule has 2 aliphatic heterocycles. The van der Waals surface area contributed by atoms with E-state index in [4.69, 9.17) is 4.74 Å². The summed E-state index contributed by atoms with van der Waals surface area (Å²) in [6, 6.07) is 3.01. The van der Waals surface area contributed by atoms with Gasteiger partial charge < -0.3 is 9.64 Å². The third-order valence-electron chi connectivity index (χ3n) is 5.29. The number of amides is 4. The van der Waals surface area contributed by atoms with Crippen LogP contribution in [0.4, 0.5) is 4.79 Å². The van der Waals surface area contributed by atoms with E-state index in [-0.39, 0.29) is 5.91 Å². The normalized spacial score (nSPS) is 20.6. The lowest BCUT2D eigenvalue weighted by molar-refractivity contribution is -0.142. The number of carbonyl (C=O) groups is 3. The molecule has 0 spiro atoms. The highest BCUT2D eigenvalue weighted by Crippen LogP contribution is 2.21. The van der Waals surface area contributed by atoms with Crippen molar-refractivity contribution in [3.8, 4) is 5.88 Å². The van der Waals surface area contributed by atoms with Gasteiger partial charge in [0.25, 0.3) is 0 Å². The first kappa shape index (κ1) is 19.0. The minimum Gasteiger partial charge on any atom is -0.476 e. The first-order chi connectivity index (χ1) is 13.9. The number of likely N-dealkylation sites (tertiary alicyclic amines) is 1. The molecule has 4 amide bonds. The summed E-state index contributed by atoms with van der Waals surface area (Å²) in [6.07, 6.45) is 4.53. The number of aliphatic imine (C=N–C) groups is 1. The van der Waals surface area contributed by atoms with Crippen LogP contribution in [0.15, 0.2) is 23.3 Å². The van der Waals surface area contributed by atoms with Crippen LogP contribution in [0.1, 0.15) is 18.5 Å². The molecule has 0 N–H and O–H groups in total. The fourth-order valence-corrected chi connectivity index (χ4v) is 3.54. The molecule has 10 heteroatoms. The Bertz CT molecular complexity index is 992. The quantitative estimate of drug-likeness (QED) is 0.709. The Morgan fingerprint density at radius 1 is 1.24 bits per heavy atom. The summed E-state index contributed by atoms with van der Waals surface area (Å²) in [7, 11) is 1.33. The van der Waals surface area contributed by atoms with E-state index in [0.717, 1.165) is 35.3 Å². The van der Waals surface area contributed by atoms with Crippen LogP contribution in [-0.2, 0) is 9.59 Å². The number of imide groups is 1. The molecule has 152 valence electrons. The Labute approximate surface area is 167 Å². The fraction of sp³-hybridized carbons (Fsp3) is 0.474. The molecular formula is C19H22N6O4. The second-order valence-corrected chi connectivity index (χ2v) is 7.37. The zero-order chi connectivity index (χ0) is 20.5. The highest BCUT2D eigenvalue weighted by molar-refractivity contribution is 6.20. The Morgan fingerprint density at radius 2 is 2.00 bits per heavy atom. The highest BCUT2D eigenvalue weighted by Gasteiger charge is 2.37. The molecule has 1 saturated heterocycles. The number of aryl methyl sites for hydroxylation is 1. The molecule has 2 aromatic heterocycles. The minimum atomic E-state index is -1.01. The Balaban J connectivity index is 1.30. The van der Waals surface area contributed by atoms with Crippen molar-refractivity contribution in [1.82, 2.24) is 24.4 Å². The molecule has 1 fully saturated rings. The maximum atomic E-state index is 12.7. The zero-order valence-electron chi connectivity index (χ0n) is 16.3. The van der Waals surface area contributed by atoms with Crippen LogP contribution in [0.2, 0.25) is 0 Å². The van der Waals surface area contributed by atoms with Crippen LogP contribution in [-0.4, -0.2) is 75.2 Å². The number of carbonyl (C=O) groups excluding carboxylic acids is 3. The zero-order valence-corrected chi connectivity index (χ0v) is 16.3. The summed E-state index contributed by atoms with van der Waals surface area (Å²) in [5.41, 5.74) is 1.67. The lowest BCUT2D eigenvalue weighted by Crippen LogP contribution is -2.50. The summed E-state index contributed by atoms with van der Waals surface area (Å²) in [5, 5.41) is 4.39. The monoisotopic (exact) mass is 398 g/mol. The van der Waals surface area contributed by atoms with Gasteiger partial charge >= 0.3 is 6.03 Å². The van der Waals surface area contributed by atoms with Gasteiger partial charge in [0, 0.05) is 32.4 Å². The number of aromatic nitrogens is 3. The van der Waals surface area contributed by atoms with Gasteiger partial charge in [0.1, 0.15) is 0 Å². The lowest BCUT2D eigenvalue weighted by atomic mass is 9.96. The molecule has 4 heterocycles. The van der Waals surface area contributed by atoms with E-state index in [1.807, 2.05) is 19.2 Å². The van der Waals surface area contributed by atoms with Crippen molar-refractivity contribution in [2.24, 2.45) is 16.8 Å². The number of fused-ring (bicyclic) bond motifs is 1. The fourth-order valence-electron chi connectivity index (χ4n) is 3.54. The van der Waals surface area contributed by atoms with Crippen LogP contribution in [0.5, 0.6) is 5.88 Å². The number of rotatable bonds is 4. The van der Waals surface area contributed by atoms with Crippen molar-refractivity contribution in [2.45, 2.75) is 19.8 Å². The van der Waals surface area contributed by atoms with Gasteiger partial charge in [0.2, 0.25) is 17.7 Å². The molecule has 10 nitrogen and oxygen atoms in total. The number of ether oxygens (including phenoxy) is 1. The van der Waals surface area contributed by atoms with E-state index in [1.54, 1.807) is 15.5 Å². The first-order valence-electron chi connectivity index (χ1n) is 9.52. The smallest absolute Gasteiger partial charge is 0.349 e. The Morgan fingerprint density at radius 3 is 2.76 bits per heavy atom. The summed E-state index contributed by atoms with van der Waals surface area (Å²) in [6.45, 7) is 3.49. The first-order valence-corrected chi connectivity index (χ1v) is 9.52. The van der Waals surface area contributed by atoms with Gasteiger partial charge in [-0.05, 0) is 31.7 Å². The Hall–Kier alpha value is -3.30. The molecule has 1 atom stereocenters. The van der Waals surface area contributed by atoms with E-state index in [2.05, 4.69) is 15.1 Å². The molecule has 1 unspecified atom stereocenters. The van der Waals surface area contributed by atoms with Gasteiger partial charge in [-0.25, -0.2) is 19.3 Å². The topological polar surface area (TPSA) is 109 Å². The molecule has 4 rings (SSSR count). The minimum absolute atomic E-state index is 0.293. The Kier molecular flexibility index (Phi) is 4.99. The standard InChI is InChI=1S/C19H22N6O4/c1-12-10-25-15(21-12)3-4-16(22-25)29-11-13-5-7-24(8-6-13)18(27)14-9-20-19(28)23(2)17(14)26/h3-4,9-10,13-14H,5-8,11H2,1-2H3. The number of imidazole rings is 1. The van der Waals surface area contributed by atoms with E-state index in [9.17, 15) is 14.4 Å². The van der Waals surface area contributed by atoms with Gasteiger partial charge in [-0.2, -0.15) is 0 Å². The number of hydrogen-bond acceptors (Lipinski definition) is 6. The van der Waals surface area contributed by atoms with Crippen LogP contribution >= 0.6 is 0 Å². The van der Waals surface area contributed by atoms with E-state index >= 15 is 0 Å². The maximum Gasteiger partial charge on any atom is 0.349 e. The van der Waals surface area contributed by atoms with Crippen molar-refractivity contribution in [3.05, 3.63) is 24.0 Å². The third kappa shape index (κ3) is 3.82. The molecule has 0 bridgehead atoms. The van der Waals surface area contributed by atoms with Gasteiger partial charge in [0.15, 0.2) is 11.6 Å². The van der Waals surface area contributed by atoms with Crippen molar-refractivity contribution < 1.29 is 19.1 Å². The van der Waals surface area contributed by atoms with Crippen LogP contribution < -0.4 is 4.74 Å². The molecule has 2 aliphatic rings. The molecule has 0 radical (unpaired) electrons. The molecule has 0 saturated carbocycles. The number of nitrogens with zero attached hydrogens (tertiary/aromatic N) is 6. The molecule has 0 aliphatic carbocycles. The highest BCUT2D eigenvalue weighted by atomic mass is 16.5. The molecular weight excluding hydrogens is 376 g/mol. The third-order valence-corrected chi connectivity index (χ3v) is 5.29. The summed E-state index contributed by atoms with van der Waals surface area (Å²) in [5.74, 6) is -1.03. The van der Waals surface area contributed by atoms with Gasteiger partial charge in [-0.15, -0.1) is 5.10 Å². The largest absolute Gasteiger partial charge is 0.476 e. The predicted molar refractivity (Wildman–Crippen MR) is 103 cm³/mol. The second-order valence-electron chi connectivity index (χ2n) is 7.37. The van der Waals surface area contributed by atoms with Crippen LogP contribution in [0.3, 0.4) is 0 Å². The number of piperidine rings is 1. The van der Waals surface area contributed by atoms with Gasteiger partial charge in [-0.1, -0.05) is 0 Å². The van der Waals surface area contributed by atoms with Crippen molar-refractivity contribution in [2.75, 3.05) is 26.7 Å². The molecule has 0 aromatic carbocycles. The average molecular weight is 398 g/mol. The van der Waals surface area contributed by atoms with E-state index in [1.165, 1.54) is 7.05 Å². The van der Waals surface area contributed by atoms with Crippen molar-refractivity contribution in [1.29, 1.82) is 0 Å². The maximum absolute atomic E-state index is 12.7. The summed E-state index contributed by atoms with van der Waals surface area (Å²) in [4.78, 5) is 46.7. The molecule has 2 aromatic rings. The SMILES string of the molecule is Cc1cn2nc(OCC3CCN(C(=O)C4C=NC(=O)N(C)C4=O)CC3)ccc2n1. The summed E-state index contributed by atoms with van der Waals surface area (Å²) >= 11 is 0. The van der Waals surface area contributed by atoms with E-state index < -0.39 is 17.9 Å². The van der Waals surface area contributed by atoms with Crippen molar-refractivity contribution >= 4 is 29.7 Å². The summed E-state index contributed by atoms with van der Waals surface area (Å²) < 4.78 is 7.53. The second kappa shape index (κ2) is 7.61. The number of urea groups is 1. The average Bonchev–Trinajstić information content (AvgIpc) is 3.10. The van der Waals surface area contributed by atoms with Gasteiger partial charge in [-0.3, -0.25) is 14.5 Å². The predicted octanol–water partition coefficient (Wildman–Crippen LogP) is 0.934. The van der Waals surface area contributed by atoms with Gasteiger partial charge in [0.05, 0.1) is 18.5 Å².